The SMILES string of the molecule is N#Cc1cccnc1NC1CCC(F)C1. The van der Waals surface area contributed by atoms with Gasteiger partial charge in [-0.05, 0) is 31.4 Å². The zero-order valence-electron chi connectivity index (χ0n) is 8.28. The fraction of sp³-hybridized carbons (Fsp3) is 0.455. The van der Waals surface area contributed by atoms with Crippen LogP contribution in [-0.2, 0) is 0 Å². The van der Waals surface area contributed by atoms with Crippen molar-refractivity contribution in [1.82, 2.24) is 4.98 Å². The predicted octanol–water partition coefficient (Wildman–Crippen LogP) is 2.26. The molecule has 1 aromatic rings. The molecule has 0 amide bonds. The number of hydrogen-bond donors (Lipinski definition) is 1. The van der Waals surface area contributed by atoms with Crippen molar-refractivity contribution >= 4 is 5.82 Å². The van der Waals surface area contributed by atoms with Crippen LogP contribution in [0.5, 0.6) is 0 Å². The molecule has 1 saturated carbocycles. The molecule has 1 aromatic heterocycles. The summed E-state index contributed by atoms with van der Waals surface area (Å²) in [6, 6.07) is 5.60. The maximum atomic E-state index is 12.9. The van der Waals surface area contributed by atoms with Crippen molar-refractivity contribution in [3.63, 3.8) is 0 Å². The van der Waals surface area contributed by atoms with Crippen molar-refractivity contribution in [2.24, 2.45) is 0 Å². The monoisotopic (exact) mass is 205 g/mol. The number of pyridine rings is 1. The number of nitrogens with zero attached hydrogens (tertiary/aromatic N) is 2. The van der Waals surface area contributed by atoms with Gasteiger partial charge < -0.3 is 5.32 Å². The van der Waals surface area contributed by atoms with Crippen molar-refractivity contribution in [3.05, 3.63) is 23.9 Å². The summed E-state index contributed by atoms with van der Waals surface area (Å²) in [5.74, 6) is 0.569. The second kappa shape index (κ2) is 4.26. The molecule has 0 saturated heterocycles. The molecule has 1 aliphatic carbocycles. The summed E-state index contributed by atoms with van der Waals surface area (Å²) >= 11 is 0. The van der Waals surface area contributed by atoms with Crippen LogP contribution in [0.2, 0.25) is 0 Å². The van der Waals surface area contributed by atoms with E-state index >= 15 is 0 Å². The van der Waals surface area contributed by atoms with Crippen LogP contribution in [0.25, 0.3) is 0 Å². The molecule has 1 heterocycles. The number of hydrogen-bond acceptors (Lipinski definition) is 3. The first kappa shape index (κ1) is 9.91. The summed E-state index contributed by atoms with van der Waals surface area (Å²) in [5.41, 5.74) is 0.514. The molecule has 2 unspecified atom stereocenters. The maximum Gasteiger partial charge on any atom is 0.144 e. The van der Waals surface area contributed by atoms with Crippen molar-refractivity contribution in [2.45, 2.75) is 31.5 Å². The first-order valence-corrected chi connectivity index (χ1v) is 5.05. The minimum atomic E-state index is -0.711. The van der Waals surface area contributed by atoms with E-state index in [2.05, 4.69) is 16.4 Å². The molecule has 0 bridgehead atoms. The zero-order valence-corrected chi connectivity index (χ0v) is 8.28. The van der Waals surface area contributed by atoms with Gasteiger partial charge in [0, 0.05) is 12.2 Å². The third kappa shape index (κ3) is 2.24. The molecular formula is C11H12FN3. The van der Waals surface area contributed by atoms with E-state index in [1.807, 2.05) is 0 Å². The van der Waals surface area contributed by atoms with Gasteiger partial charge >= 0.3 is 0 Å². The molecule has 1 aliphatic rings. The molecule has 0 aromatic carbocycles. The fourth-order valence-electron chi connectivity index (χ4n) is 1.86. The lowest BCUT2D eigenvalue weighted by atomic mass is 10.2. The smallest absolute Gasteiger partial charge is 0.144 e. The Morgan fingerprint density at radius 3 is 3.07 bits per heavy atom. The van der Waals surface area contributed by atoms with E-state index in [0.29, 0.717) is 24.2 Å². The van der Waals surface area contributed by atoms with Gasteiger partial charge in [0.2, 0.25) is 0 Å². The summed E-state index contributed by atoms with van der Waals surface area (Å²) in [5, 5.41) is 12.0. The summed E-state index contributed by atoms with van der Waals surface area (Å²) in [6.07, 6.45) is 2.85. The van der Waals surface area contributed by atoms with Crippen LogP contribution >= 0.6 is 0 Å². The second-order valence-corrected chi connectivity index (χ2v) is 3.76. The van der Waals surface area contributed by atoms with Gasteiger partial charge in [0.15, 0.2) is 0 Å². The highest BCUT2D eigenvalue weighted by molar-refractivity contribution is 5.51. The van der Waals surface area contributed by atoms with Crippen LogP contribution in [0.1, 0.15) is 24.8 Å². The Hall–Kier alpha value is -1.63. The molecular weight excluding hydrogens is 193 g/mol. The van der Waals surface area contributed by atoms with Crippen LogP contribution in [0.15, 0.2) is 18.3 Å². The Labute approximate surface area is 87.9 Å². The lowest BCUT2D eigenvalue weighted by Crippen LogP contribution is -2.17. The van der Waals surface area contributed by atoms with Gasteiger partial charge in [-0.15, -0.1) is 0 Å². The average molecular weight is 205 g/mol. The molecule has 4 heteroatoms. The van der Waals surface area contributed by atoms with E-state index in [0.717, 1.165) is 6.42 Å². The lowest BCUT2D eigenvalue weighted by molar-refractivity contribution is 0.341. The van der Waals surface area contributed by atoms with Crippen LogP contribution in [0.3, 0.4) is 0 Å². The summed E-state index contributed by atoms with van der Waals surface area (Å²) < 4.78 is 12.9. The van der Waals surface area contributed by atoms with Crippen LogP contribution < -0.4 is 5.32 Å². The standard InChI is InChI=1S/C11H12FN3/c12-9-3-4-10(6-9)15-11-8(7-13)2-1-5-14-11/h1-2,5,9-10H,3-4,6H2,(H,14,15). The van der Waals surface area contributed by atoms with Gasteiger partial charge in [-0.25, -0.2) is 9.37 Å². The van der Waals surface area contributed by atoms with E-state index in [9.17, 15) is 4.39 Å². The third-order valence-corrected chi connectivity index (χ3v) is 2.64. The molecule has 1 fully saturated rings. The van der Waals surface area contributed by atoms with E-state index < -0.39 is 6.17 Å². The normalized spacial score (nSPS) is 24.8. The molecule has 0 radical (unpaired) electrons. The van der Waals surface area contributed by atoms with Gasteiger partial charge in [-0.3, -0.25) is 0 Å². The van der Waals surface area contributed by atoms with Gasteiger partial charge in [0.25, 0.3) is 0 Å². The topological polar surface area (TPSA) is 48.7 Å². The molecule has 15 heavy (non-hydrogen) atoms. The largest absolute Gasteiger partial charge is 0.366 e. The average Bonchev–Trinajstić information content (AvgIpc) is 2.65. The Morgan fingerprint density at radius 1 is 1.53 bits per heavy atom. The minimum Gasteiger partial charge on any atom is -0.366 e. The minimum absolute atomic E-state index is 0.113. The zero-order chi connectivity index (χ0) is 10.7. The van der Waals surface area contributed by atoms with Gasteiger partial charge in [0.1, 0.15) is 18.1 Å². The fourth-order valence-corrected chi connectivity index (χ4v) is 1.86. The maximum absolute atomic E-state index is 12.9. The highest BCUT2D eigenvalue weighted by Crippen LogP contribution is 2.25. The van der Waals surface area contributed by atoms with Crippen LogP contribution in [-0.4, -0.2) is 17.2 Å². The molecule has 0 aliphatic heterocycles. The van der Waals surface area contributed by atoms with E-state index in [1.54, 1.807) is 18.3 Å². The van der Waals surface area contributed by atoms with Crippen LogP contribution in [0.4, 0.5) is 10.2 Å². The number of halogens is 1. The van der Waals surface area contributed by atoms with Gasteiger partial charge in [-0.2, -0.15) is 5.26 Å². The van der Waals surface area contributed by atoms with E-state index in [4.69, 9.17) is 5.26 Å². The molecule has 3 nitrogen and oxygen atoms in total. The van der Waals surface area contributed by atoms with Crippen molar-refractivity contribution in [3.8, 4) is 6.07 Å². The number of rotatable bonds is 2. The van der Waals surface area contributed by atoms with Crippen molar-refractivity contribution in [2.75, 3.05) is 5.32 Å². The van der Waals surface area contributed by atoms with Crippen LogP contribution in [0, 0.1) is 11.3 Å². The first-order chi connectivity index (χ1) is 7.29. The summed E-state index contributed by atoms with van der Waals surface area (Å²) in [6.45, 7) is 0. The molecule has 1 N–H and O–H groups in total. The van der Waals surface area contributed by atoms with Crippen molar-refractivity contribution in [1.29, 1.82) is 5.26 Å². The molecule has 2 rings (SSSR count). The number of anilines is 1. The highest BCUT2D eigenvalue weighted by atomic mass is 19.1. The van der Waals surface area contributed by atoms with Crippen molar-refractivity contribution < 1.29 is 4.39 Å². The first-order valence-electron chi connectivity index (χ1n) is 5.05. The van der Waals surface area contributed by atoms with E-state index in [1.165, 1.54) is 0 Å². The Kier molecular flexibility index (Phi) is 2.82. The lowest BCUT2D eigenvalue weighted by Gasteiger charge is -2.12. The molecule has 78 valence electrons. The number of aromatic nitrogens is 1. The number of nitrogens with one attached hydrogen (secondary N) is 1. The Morgan fingerprint density at radius 2 is 2.40 bits per heavy atom. The quantitative estimate of drug-likeness (QED) is 0.805. The number of nitriles is 1. The predicted molar refractivity (Wildman–Crippen MR) is 55.1 cm³/mol. The number of alkyl halides is 1. The van der Waals surface area contributed by atoms with E-state index in [-0.39, 0.29) is 6.04 Å². The third-order valence-electron chi connectivity index (χ3n) is 2.64. The molecule has 2 atom stereocenters. The Bertz CT molecular complexity index is 386. The Balaban J connectivity index is 2.08. The highest BCUT2D eigenvalue weighted by Gasteiger charge is 2.24. The summed E-state index contributed by atoms with van der Waals surface area (Å²) in [7, 11) is 0. The summed E-state index contributed by atoms with van der Waals surface area (Å²) in [4.78, 5) is 4.08. The second-order valence-electron chi connectivity index (χ2n) is 3.76. The van der Waals surface area contributed by atoms with Gasteiger partial charge in [0.05, 0.1) is 5.56 Å². The molecule has 0 spiro atoms. The van der Waals surface area contributed by atoms with Gasteiger partial charge in [-0.1, -0.05) is 0 Å².